The fraction of sp³-hybridized carbons (Fsp3) is 0.941. The second-order valence-corrected chi connectivity index (χ2v) is 7.03. The van der Waals surface area contributed by atoms with E-state index in [1.54, 1.807) is 0 Å². The molecular weight excluding hydrogens is 236 g/mol. The van der Waals surface area contributed by atoms with Crippen LogP contribution in [0.1, 0.15) is 73.1 Å². The number of aliphatic hydroxyl groups is 1. The molecule has 0 spiro atoms. The Morgan fingerprint density at radius 2 is 2.00 bits per heavy atom. The van der Waals surface area contributed by atoms with E-state index in [4.69, 9.17) is 0 Å². The molecule has 1 rings (SSSR count). The van der Waals surface area contributed by atoms with Gasteiger partial charge >= 0.3 is 0 Å². The summed E-state index contributed by atoms with van der Waals surface area (Å²) >= 11 is 0. The zero-order valence-electron chi connectivity index (χ0n) is 13.4. The molecular formula is C17H32O2. The lowest BCUT2D eigenvalue weighted by atomic mass is 9.55. The van der Waals surface area contributed by atoms with E-state index in [0.29, 0.717) is 24.2 Å². The number of ketones is 1. The maximum Gasteiger partial charge on any atom is 0.158 e. The van der Waals surface area contributed by atoms with E-state index in [0.717, 1.165) is 0 Å². The number of hydrogen-bond donors (Lipinski definition) is 1. The highest BCUT2D eigenvalue weighted by Crippen LogP contribution is 2.52. The first-order valence-electron chi connectivity index (χ1n) is 8.01. The summed E-state index contributed by atoms with van der Waals surface area (Å²) in [4.78, 5) is 11.4. The molecule has 0 aromatic carbocycles. The first kappa shape index (κ1) is 16.7. The molecule has 1 saturated carbocycles. The minimum Gasteiger partial charge on any atom is -0.385 e. The Bertz CT molecular complexity index is 300. The summed E-state index contributed by atoms with van der Waals surface area (Å²) in [6, 6.07) is 0. The Kier molecular flexibility index (Phi) is 6.04. The molecule has 0 radical (unpaired) electrons. The highest BCUT2D eigenvalue weighted by Gasteiger charge is 2.45. The summed E-state index contributed by atoms with van der Waals surface area (Å²) < 4.78 is 0. The van der Waals surface area contributed by atoms with Crippen molar-refractivity contribution in [3.05, 3.63) is 0 Å². The van der Waals surface area contributed by atoms with Crippen LogP contribution in [-0.4, -0.2) is 17.0 Å². The van der Waals surface area contributed by atoms with Gasteiger partial charge in [-0.25, -0.2) is 0 Å². The topological polar surface area (TPSA) is 37.3 Å². The molecule has 19 heavy (non-hydrogen) atoms. The van der Waals surface area contributed by atoms with Crippen LogP contribution in [0.15, 0.2) is 0 Å². The molecule has 1 N–H and O–H groups in total. The largest absolute Gasteiger partial charge is 0.385 e. The van der Waals surface area contributed by atoms with Gasteiger partial charge in [-0.2, -0.15) is 0 Å². The van der Waals surface area contributed by atoms with Crippen molar-refractivity contribution >= 4 is 5.78 Å². The number of aliphatic hydroxyl groups excluding tert-OH is 1. The number of unbranched alkanes of at least 4 members (excludes halogenated alkanes) is 1. The first-order valence-corrected chi connectivity index (χ1v) is 8.01. The molecule has 0 heterocycles. The lowest BCUT2D eigenvalue weighted by Crippen LogP contribution is -2.44. The van der Waals surface area contributed by atoms with Gasteiger partial charge < -0.3 is 5.11 Å². The maximum absolute atomic E-state index is 11.4. The summed E-state index contributed by atoms with van der Waals surface area (Å²) in [5.41, 5.74) is 0.282. The van der Waals surface area contributed by atoms with Crippen LogP contribution >= 0.6 is 0 Å². The third-order valence-corrected chi connectivity index (χ3v) is 5.73. The van der Waals surface area contributed by atoms with Gasteiger partial charge in [0.2, 0.25) is 0 Å². The van der Waals surface area contributed by atoms with Gasteiger partial charge in [0.05, 0.1) is 0 Å². The monoisotopic (exact) mass is 268 g/mol. The van der Waals surface area contributed by atoms with E-state index in [-0.39, 0.29) is 11.2 Å². The third kappa shape index (κ3) is 3.81. The number of carbonyl (C=O) groups is 1. The van der Waals surface area contributed by atoms with Crippen molar-refractivity contribution < 1.29 is 9.90 Å². The number of hydrogen-bond acceptors (Lipinski definition) is 2. The van der Waals surface area contributed by atoms with Crippen molar-refractivity contribution in [3.8, 4) is 0 Å². The highest BCUT2D eigenvalue weighted by molar-refractivity contribution is 5.80. The minimum atomic E-state index is -0.765. The van der Waals surface area contributed by atoms with Crippen LogP contribution in [0.4, 0.5) is 0 Å². The van der Waals surface area contributed by atoms with E-state index >= 15 is 0 Å². The summed E-state index contributed by atoms with van der Waals surface area (Å²) in [6.07, 6.45) is 6.11. The molecule has 0 aliphatic heterocycles. The molecule has 0 saturated heterocycles. The molecule has 1 aliphatic carbocycles. The molecule has 1 fully saturated rings. The lowest BCUT2D eigenvalue weighted by Gasteiger charge is -2.50. The molecule has 0 amide bonds. The first-order chi connectivity index (χ1) is 8.82. The quantitative estimate of drug-likeness (QED) is 0.783. The Balaban J connectivity index is 2.87. The van der Waals surface area contributed by atoms with E-state index in [1.165, 1.54) is 39.0 Å². The molecule has 5 unspecified atom stereocenters. The minimum absolute atomic E-state index is 0.0803. The highest BCUT2D eigenvalue weighted by atomic mass is 16.3. The van der Waals surface area contributed by atoms with Crippen molar-refractivity contribution in [2.45, 2.75) is 79.2 Å². The number of Topliss-reactive ketones (excluding diaryl/α,β-unsaturated/α-hetero) is 1. The Morgan fingerprint density at radius 3 is 2.53 bits per heavy atom. The van der Waals surface area contributed by atoms with Gasteiger partial charge in [0, 0.05) is 0 Å². The molecule has 2 nitrogen and oxygen atoms in total. The molecule has 0 bridgehead atoms. The second kappa shape index (κ2) is 6.88. The zero-order chi connectivity index (χ0) is 14.6. The van der Waals surface area contributed by atoms with Crippen molar-refractivity contribution in [1.29, 1.82) is 0 Å². The van der Waals surface area contributed by atoms with Crippen LogP contribution in [0.5, 0.6) is 0 Å². The molecule has 1 aliphatic rings. The normalized spacial score (nSPS) is 37.1. The average Bonchev–Trinajstić information content (AvgIpc) is 2.36. The predicted molar refractivity (Wildman–Crippen MR) is 80.0 cm³/mol. The summed E-state index contributed by atoms with van der Waals surface area (Å²) in [7, 11) is 0. The van der Waals surface area contributed by atoms with Gasteiger partial charge in [0.25, 0.3) is 0 Å². The van der Waals surface area contributed by atoms with Crippen LogP contribution in [0.2, 0.25) is 0 Å². The van der Waals surface area contributed by atoms with Crippen molar-refractivity contribution in [1.82, 2.24) is 0 Å². The van der Waals surface area contributed by atoms with Crippen LogP contribution in [-0.2, 0) is 4.79 Å². The smallest absolute Gasteiger partial charge is 0.158 e. The van der Waals surface area contributed by atoms with Gasteiger partial charge in [-0.15, -0.1) is 0 Å². The Labute approximate surface area is 119 Å². The van der Waals surface area contributed by atoms with Crippen LogP contribution in [0, 0.1) is 23.2 Å². The van der Waals surface area contributed by atoms with Crippen LogP contribution in [0.25, 0.3) is 0 Å². The fourth-order valence-corrected chi connectivity index (χ4v) is 3.96. The van der Waals surface area contributed by atoms with E-state index in [1.807, 2.05) is 0 Å². The SMILES string of the molecule is CCCCC1(C)C(C)CCC(C)C1CC(O)C(C)=O. The van der Waals surface area contributed by atoms with Crippen LogP contribution in [0.3, 0.4) is 0 Å². The van der Waals surface area contributed by atoms with Gasteiger partial charge in [0.15, 0.2) is 5.78 Å². The lowest BCUT2D eigenvalue weighted by molar-refractivity contribution is -0.127. The molecule has 2 heteroatoms. The predicted octanol–water partition coefficient (Wildman–Crippen LogP) is 4.21. The van der Waals surface area contributed by atoms with Crippen molar-refractivity contribution in [2.24, 2.45) is 23.2 Å². The van der Waals surface area contributed by atoms with Crippen molar-refractivity contribution in [3.63, 3.8) is 0 Å². The van der Waals surface area contributed by atoms with Gasteiger partial charge in [-0.3, -0.25) is 4.79 Å². The van der Waals surface area contributed by atoms with Gasteiger partial charge in [0.1, 0.15) is 6.10 Å². The molecule has 112 valence electrons. The standard InChI is InChI=1S/C17H32O2/c1-6-7-10-17(5)13(3)9-8-12(2)15(17)11-16(19)14(4)18/h12-13,15-16,19H,6-11H2,1-5H3. The Hall–Kier alpha value is -0.370. The molecule has 0 aromatic heterocycles. The summed E-state index contributed by atoms with van der Waals surface area (Å²) in [5.74, 6) is 1.71. The average molecular weight is 268 g/mol. The van der Waals surface area contributed by atoms with Crippen molar-refractivity contribution in [2.75, 3.05) is 0 Å². The number of rotatable bonds is 6. The van der Waals surface area contributed by atoms with Gasteiger partial charge in [-0.1, -0.05) is 47.0 Å². The summed E-state index contributed by atoms with van der Waals surface area (Å²) in [5, 5.41) is 9.99. The molecule has 5 atom stereocenters. The van der Waals surface area contributed by atoms with E-state index < -0.39 is 6.10 Å². The second-order valence-electron chi connectivity index (χ2n) is 7.03. The fourth-order valence-electron chi connectivity index (χ4n) is 3.96. The maximum atomic E-state index is 11.4. The number of carbonyl (C=O) groups excluding carboxylic acids is 1. The Morgan fingerprint density at radius 1 is 1.37 bits per heavy atom. The van der Waals surface area contributed by atoms with Gasteiger partial charge in [-0.05, 0) is 49.4 Å². The zero-order valence-corrected chi connectivity index (χ0v) is 13.4. The molecule has 0 aromatic rings. The van der Waals surface area contributed by atoms with E-state index in [9.17, 15) is 9.90 Å². The van der Waals surface area contributed by atoms with E-state index in [2.05, 4.69) is 27.7 Å². The third-order valence-electron chi connectivity index (χ3n) is 5.73. The summed E-state index contributed by atoms with van der Waals surface area (Å²) in [6.45, 7) is 10.8. The van der Waals surface area contributed by atoms with Crippen LogP contribution < -0.4 is 0 Å².